The normalized spacial score (nSPS) is 11.5. The molecule has 118 valence electrons. The molecule has 22 heavy (non-hydrogen) atoms. The van der Waals surface area contributed by atoms with E-state index in [0.29, 0.717) is 23.8 Å². The Kier molecular flexibility index (Phi) is 4.88. The molecule has 0 fully saturated rings. The molecule has 0 spiro atoms. The van der Waals surface area contributed by atoms with Crippen molar-refractivity contribution in [3.05, 3.63) is 41.1 Å². The van der Waals surface area contributed by atoms with Crippen LogP contribution in [0.15, 0.2) is 34.9 Å². The average Bonchev–Trinajstić information content (AvgIpc) is 2.95. The van der Waals surface area contributed by atoms with Crippen LogP contribution in [0, 0.1) is 5.41 Å². The molecule has 2 N–H and O–H groups in total. The summed E-state index contributed by atoms with van der Waals surface area (Å²) in [5.41, 5.74) is 6.94. The molecule has 0 radical (unpaired) electrons. The predicted molar refractivity (Wildman–Crippen MR) is 86.7 cm³/mol. The number of benzene rings is 1. The Bertz CT molecular complexity index is 667. The molecule has 2 aromatic rings. The summed E-state index contributed by atoms with van der Waals surface area (Å²) in [4.78, 5) is 14.0. The number of aromatic nitrogens is 1. The summed E-state index contributed by atoms with van der Waals surface area (Å²) in [6, 6.07) is 8.86. The second kappa shape index (κ2) is 6.50. The highest BCUT2D eigenvalue weighted by atomic mass is 35.5. The third kappa shape index (κ3) is 3.87. The fraction of sp³-hybridized carbons (Fsp3) is 0.375. The van der Waals surface area contributed by atoms with E-state index in [-0.39, 0.29) is 17.1 Å². The Morgan fingerprint density at radius 3 is 2.77 bits per heavy atom. The van der Waals surface area contributed by atoms with Gasteiger partial charge in [0.1, 0.15) is 5.69 Å². The van der Waals surface area contributed by atoms with E-state index in [0.717, 1.165) is 5.56 Å². The lowest BCUT2D eigenvalue weighted by atomic mass is 9.93. The van der Waals surface area contributed by atoms with Gasteiger partial charge in [-0.05, 0) is 24.1 Å². The first-order valence-corrected chi connectivity index (χ1v) is 7.38. The molecule has 0 aliphatic heterocycles. The Morgan fingerprint density at radius 2 is 2.14 bits per heavy atom. The molecule has 0 saturated carbocycles. The van der Waals surface area contributed by atoms with E-state index >= 15 is 0 Å². The fourth-order valence-electron chi connectivity index (χ4n) is 2.13. The Hall–Kier alpha value is -1.85. The van der Waals surface area contributed by atoms with E-state index < -0.39 is 0 Å². The maximum atomic E-state index is 12.4. The lowest BCUT2D eigenvalue weighted by Gasteiger charge is -2.28. The largest absolute Gasteiger partial charge is 0.350 e. The van der Waals surface area contributed by atoms with Crippen molar-refractivity contribution in [3.63, 3.8) is 0 Å². The monoisotopic (exact) mass is 321 g/mol. The summed E-state index contributed by atoms with van der Waals surface area (Å²) >= 11 is 5.96. The quantitative estimate of drug-likeness (QED) is 0.918. The molecule has 0 bridgehead atoms. The summed E-state index contributed by atoms with van der Waals surface area (Å²) < 4.78 is 5.17. The molecule has 1 aromatic heterocycles. The highest BCUT2D eigenvalue weighted by Gasteiger charge is 2.24. The van der Waals surface area contributed by atoms with Crippen LogP contribution in [-0.2, 0) is 0 Å². The van der Waals surface area contributed by atoms with E-state index in [1.54, 1.807) is 30.1 Å². The second-order valence-electron chi connectivity index (χ2n) is 6.12. The second-order valence-corrected chi connectivity index (χ2v) is 6.55. The van der Waals surface area contributed by atoms with Crippen LogP contribution in [0.5, 0.6) is 0 Å². The lowest BCUT2D eigenvalue weighted by molar-refractivity contribution is 0.0699. The number of nitrogens with zero attached hydrogens (tertiary/aromatic N) is 2. The van der Waals surface area contributed by atoms with Crippen LogP contribution < -0.4 is 5.73 Å². The predicted octanol–water partition coefficient (Wildman–Crippen LogP) is 3.05. The zero-order chi connectivity index (χ0) is 16.3. The molecule has 1 heterocycles. The van der Waals surface area contributed by atoms with Crippen molar-refractivity contribution >= 4 is 17.5 Å². The highest BCUT2D eigenvalue weighted by molar-refractivity contribution is 6.30. The molecule has 1 amide bonds. The summed E-state index contributed by atoms with van der Waals surface area (Å²) in [6.07, 6.45) is 0. The first kappa shape index (κ1) is 16.5. The van der Waals surface area contributed by atoms with E-state index in [4.69, 9.17) is 21.9 Å². The van der Waals surface area contributed by atoms with E-state index in [9.17, 15) is 4.79 Å². The van der Waals surface area contributed by atoms with Gasteiger partial charge in [-0.2, -0.15) is 0 Å². The number of hydrogen-bond acceptors (Lipinski definition) is 4. The average molecular weight is 322 g/mol. The molecule has 0 atom stereocenters. The van der Waals surface area contributed by atoms with Crippen LogP contribution in [0.2, 0.25) is 5.02 Å². The van der Waals surface area contributed by atoms with Crippen LogP contribution >= 0.6 is 11.6 Å². The van der Waals surface area contributed by atoms with Crippen molar-refractivity contribution in [1.82, 2.24) is 10.1 Å². The SMILES string of the molecule is CN(CC(C)(C)CN)C(=O)c1cc(-c2cccc(Cl)c2)no1. The van der Waals surface area contributed by atoms with Crippen LogP contribution in [0.1, 0.15) is 24.4 Å². The number of rotatable bonds is 5. The molecular weight excluding hydrogens is 302 g/mol. The summed E-state index contributed by atoms with van der Waals surface area (Å²) in [7, 11) is 1.72. The zero-order valence-electron chi connectivity index (χ0n) is 13.0. The van der Waals surface area contributed by atoms with E-state index in [1.807, 2.05) is 26.0 Å². The van der Waals surface area contributed by atoms with Gasteiger partial charge in [0, 0.05) is 30.2 Å². The number of hydrogen-bond donors (Lipinski definition) is 1. The molecule has 6 heteroatoms. The van der Waals surface area contributed by atoms with Crippen molar-refractivity contribution < 1.29 is 9.32 Å². The molecule has 5 nitrogen and oxygen atoms in total. The number of amides is 1. The minimum atomic E-state index is -0.220. The van der Waals surface area contributed by atoms with Crippen molar-refractivity contribution in [3.8, 4) is 11.3 Å². The highest BCUT2D eigenvalue weighted by Crippen LogP contribution is 2.23. The van der Waals surface area contributed by atoms with Gasteiger partial charge in [0.2, 0.25) is 5.76 Å². The summed E-state index contributed by atoms with van der Waals surface area (Å²) in [6.45, 7) is 5.05. The molecule has 2 rings (SSSR count). The minimum Gasteiger partial charge on any atom is -0.350 e. The standard InChI is InChI=1S/C16H20ClN3O2/c1-16(2,9-18)10-20(3)15(21)14-8-13(19-22-14)11-5-4-6-12(17)7-11/h4-8H,9-10,18H2,1-3H3. The first-order chi connectivity index (χ1) is 10.3. The Labute approximate surface area is 135 Å². The topological polar surface area (TPSA) is 72.4 Å². The van der Waals surface area contributed by atoms with Crippen molar-refractivity contribution in [2.75, 3.05) is 20.1 Å². The smallest absolute Gasteiger partial charge is 0.292 e. The van der Waals surface area contributed by atoms with Gasteiger partial charge in [0.15, 0.2) is 0 Å². The van der Waals surface area contributed by atoms with Gasteiger partial charge in [-0.3, -0.25) is 4.79 Å². The minimum absolute atomic E-state index is 0.153. The van der Waals surface area contributed by atoms with Gasteiger partial charge < -0.3 is 15.2 Å². The molecule has 1 aromatic carbocycles. The Morgan fingerprint density at radius 1 is 1.41 bits per heavy atom. The van der Waals surface area contributed by atoms with E-state index in [2.05, 4.69) is 5.16 Å². The molecular formula is C16H20ClN3O2. The number of carbonyl (C=O) groups excluding carboxylic acids is 1. The van der Waals surface area contributed by atoms with Crippen molar-refractivity contribution in [2.45, 2.75) is 13.8 Å². The van der Waals surface area contributed by atoms with Crippen molar-refractivity contribution in [2.24, 2.45) is 11.1 Å². The van der Waals surface area contributed by atoms with E-state index in [1.165, 1.54) is 0 Å². The Balaban J connectivity index is 2.15. The maximum absolute atomic E-state index is 12.4. The van der Waals surface area contributed by atoms with Crippen LogP contribution in [0.3, 0.4) is 0 Å². The molecule has 0 unspecified atom stereocenters. The van der Waals surface area contributed by atoms with Gasteiger partial charge in [-0.1, -0.05) is 42.7 Å². The first-order valence-electron chi connectivity index (χ1n) is 7.00. The molecule has 0 aliphatic rings. The third-order valence-electron chi connectivity index (χ3n) is 3.41. The number of halogens is 1. The van der Waals surface area contributed by atoms with Crippen molar-refractivity contribution in [1.29, 1.82) is 0 Å². The summed E-state index contributed by atoms with van der Waals surface area (Å²) in [5, 5.41) is 4.55. The lowest BCUT2D eigenvalue weighted by Crippen LogP contribution is -2.39. The van der Waals surface area contributed by atoms with Gasteiger partial charge in [0.05, 0.1) is 0 Å². The van der Waals surface area contributed by atoms with Gasteiger partial charge in [0.25, 0.3) is 5.91 Å². The fourth-order valence-corrected chi connectivity index (χ4v) is 2.32. The van der Waals surface area contributed by atoms with Crippen LogP contribution in [-0.4, -0.2) is 36.1 Å². The van der Waals surface area contributed by atoms with Gasteiger partial charge >= 0.3 is 0 Å². The molecule has 0 saturated heterocycles. The third-order valence-corrected chi connectivity index (χ3v) is 3.64. The van der Waals surface area contributed by atoms with Gasteiger partial charge in [-0.15, -0.1) is 0 Å². The summed E-state index contributed by atoms with van der Waals surface area (Å²) in [5.74, 6) is -0.0207. The zero-order valence-corrected chi connectivity index (χ0v) is 13.7. The molecule has 0 aliphatic carbocycles. The maximum Gasteiger partial charge on any atom is 0.292 e. The van der Waals surface area contributed by atoms with Gasteiger partial charge in [-0.25, -0.2) is 0 Å². The number of nitrogens with two attached hydrogens (primary N) is 1. The van der Waals surface area contributed by atoms with Crippen LogP contribution in [0.4, 0.5) is 0 Å². The number of carbonyl (C=O) groups is 1. The van der Waals surface area contributed by atoms with Crippen LogP contribution in [0.25, 0.3) is 11.3 Å².